The molecule has 0 aliphatic carbocycles. The van der Waals surface area contributed by atoms with Crippen molar-refractivity contribution in [2.24, 2.45) is 0 Å². The molecule has 2 amide bonds. The largest absolute Gasteiger partial charge is 0.459 e. The van der Waals surface area contributed by atoms with Gasteiger partial charge in [0.05, 0.1) is 23.3 Å². The SMILES string of the molecule is CC1=C(C(=O)OC(C)C)C(c2ccc(OC(=O)c3ccccc3)cc2)NC(=O)N1. The minimum absolute atomic E-state index is 0.291. The number of urea groups is 1. The Hall–Kier alpha value is -3.61. The van der Waals surface area contributed by atoms with Gasteiger partial charge in [0.25, 0.3) is 0 Å². The average Bonchev–Trinajstić information content (AvgIpc) is 2.68. The molecule has 0 fully saturated rings. The molecule has 1 heterocycles. The van der Waals surface area contributed by atoms with Gasteiger partial charge in [-0.15, -0.1) is 0 Å². The van der Waals surface area contributed by atoms with Crippen LogP contribution >= 0.6 is 0 Å². The molecule has 3 rings (SSSR count). The van der Waals surface area contributed by atoms with E-state index in [1.54, 1.807) is 69.3 Å². The Kier molecular flexibility index (Phi) is 5.97. The number of carbonyl (C=O) groups excluding carboxylic acids is 3. The molecule has 0 saturated carbocycles. The van der Waals surface area contributed by atoms with Gasteiger partial charge in [-0.05, 0) is 50.6 Å². The highest BCUT2D eigenvalue weighted by molar-refractivity contribution is 5.95. The zero-order valence-corrected chi connectivity index (χ0v) is 16.4. The summed E-state index contributed by atoms with van der Waals surface area (Å²) in [6.45, 7) is 5.17. The molecule has 150 valence electrons. The summed E-state index contributed by atoms with van der Waals surface area (Å²) in [4.78, 5) is 36.7. The number of amides is 2. The molecular formula is C22H22N2O5. The first-order valence-corrected chi connectivity index (χ1v) is 9.21. The Balaban J connectivity index is 1.81. The quantitative estimate of drug-likeness (QED) is 0.598. The van der Waals surface area contributed by atoms with Gasteiger partial charge in [0.2, 0.25) is 0 Å². The lowest BCUT2D eigenvalue weighted by molar-refractivity contribution is -0.143. The number of allylic oxidation sites excluding steroid dienone is 1. The summed E-state index contributed by atoms with van der Waals surface area (Å²) in [6.07, 6.45) is -0.291. The van der Waals surface area contributed by atoms with Crippen LogP contribution < -0.4 is 15.4 Å². The molecule has 29 heavy (non-hydrogen) atoms. The van der Waals surface area contributed by atoms with Gasteiger partial charge in [-0.1, -0.05) is 30.3 Å². The second-order valence-corrected chi connectivity index (χ2v) is 6.85. The maximum absolute atomic E-state index is 12.5. The fraction of sp³-hybridized carbons (Fsp3) is 0.227. The predicted octanol–water partition coefficient (Wildman–Crippen LogP) is 3.49. The molecule has 7 heteroatoms. The average molecular weight is 394 g/mol. The van der Waals surface area contributed by atoms with Crippen LogP contribution in [-0.4, -0.2) is 24.1 Å². The van der Waals surface area contributed by atoms with E-state index in [1.807, 2.05) is 6.07 Å². The van der Waals surface area contributed by atoms with Gasteiger partial charge in [0.15, 0.2) is 0 Å². The number of esters is 2. The standard InChI is InChI=1S/C22H22N2O5/c1-13(2)28-21(26)18-14(3)23-22(27)24-19(18)15-9-11-17(12-10-15)29-20(25)16-7-5-4-6-8-16/h4-13,19H,1-3H3,(H2,23,24,27). The molecule has 2 aromatic rings. The van der Waals surface area contributed by atoms with Gasteiger partial charge in [-0.25, -0.2) is 14.4 Å². The minimum Gasteiger partial charge on any atom is -0.459 e. The number of benzene rings is 2. The maximum atomic E-state index is 12.5. The van der Waals surface area contributed by atoms with Crippen molar-refractivity contribution in [2.75, 3.05) is 0 Å². The van der Waals surface area contributed by atoms with E-state index in [-0.39, 0.29) is 6.10 Å². The molecule has 0 radical (unpaired) electrons. The lowest BCUT2D eigenvalue weighted by atomic mass is 9.95. The molecule has 1 aliphatic rings. The van der Waals surface area contributed by atoms with E-state index < -0.39 is 24.0 Å². The van der Waals surface area contributed by atoms with E-state index in [0.29, 0.717) is 28.1 Å². The number of ether oxygens (including phenoxy) is 2. The monoisotopic (exact) mass is 394 g/mol. The molecule has 0 bridgehead atoms. The van der Waals surface area contributed by atoms with Gasteiger partial charge in [0, 0.05) is 5.70 Å². The summed E-state index contributed by atoms with van der Waals surface area (Å²) in [5.41, 5.74) is 1.87. The Labute approximate surface area is 168 Å². The first-order chi connectivity index (χ1) is 13.8. The molecule has 7 nitrogen and oxygen atoms in total. The van der Waals surface area contributed by atoms with E-state index in [2.05, 4.69) is 10.6 Å². The van der Waals surface area contributed by atoms with Crippen LogP contribution in [0.3, 0.4) is 0 Å². The van der Waals surface area contributed by atoms with Crippen LogP contribution in [0.15, 0.2) is 65.9 Å². The van der Waals surface area contributed by atoms with E-state index in [0.717, 1.165) is 0 Å². The van der Waals surface area contributed by atoms with Crippen molar-refractivity contribution in [1.29, 1.82) is 0 Å². The van der Waals surface area contributed by atoms with Crippen LogP contribution in [0.25, 0.3) is 0 Å². The Morgan fingerprint density at radius 1 is 0.966 bits per heavy atom. The second-order valence-electron chi connectivity index (χ2n) is 6.85. The van der Waals surface area contributed by atoms with Crippen molar-refractivity contribution in [3.05, 3.63) is 77.0 Å². The molecule has 0 aromatic heterocycles. The van der Waals surface area contributed by atoms with Crippen LogP contribution in [0.1, 0.15) is 42.7 Å². The van der Waals surface area contributed by atoms with Gasteiger partial charge in [0.1, 0.15) is 5.75 Å². The van der Waals surface area contributed by atoms with Crippen LogP contribution in [0, 0.1) is 0 Å². The molecule has 1 atom stereocenters. The molecule has 2 N–H and O–H groups in total. The normalized spacial score (nSPS) is 16.1. The smallest absolute Gasteiger partial charge is 0.343 e. The first kappa shape index (κ1) is 20.1. The second kappa shape index (κ2) is 8.60. The number of hydrogen-bond acceptors (Lipinski definition) is 5. The molecule has 1 aliphatic heterocycles. The Morgan fingerprint density at radius 2 is 1.62 bits per heavy atom. The minimum atomic E-state index is -0.672. The van der Waals surface area contributed by atoms with E-state index >= 15 is 0 Å². The molecule has 1 unspecified atom stereocenters. The van der Waals surface area contributed by atoms with Crippen molar-refractivity contribution >= 4 is 18.0 Å². The number of rotatable bonds is 5. The summed E-state index contributed by atoms with van der Waals surface area (Å²) >= 11 is 0. The highest BCUT2D eigenvalue weighted by Gasteiger charge is 2.32. The van der Waals surface area contributed by atoms with Crippen LogP contribution in [0.5, 0.6) is 5.75 Å². The Morgan fingerprint density at radius 3 is 2.24 bits per heavy atom. The molecule has 0 saturated heterocycles. The summed E-state index contributed by atoms with van der Waals surface area (Å²) in [6, 6.07) is 14.2. The fourth-order valence-electron chi connectivity index (χ4n) is 2.96. The van der Waals surface area contributed by atoms with Crippen LogP contribution in [-0.2, 0) is 9.53 Å². The lowest BCUT2D eigenvalue weighted by Crippen LogP contribution is -2.45. The topological polar surface area (TPSA) is 93.7 Å². The van der Waals surface area contributed by atoms with Crippen molar-refractivity contribution in [1.82, 2.24) is 10.6 Å². The van der Waals surface area contributed by atoms with Crippen LogP contribution in [0.4, 0.5) is 4.79 Å². The number of nitrogens with one attached hydrogen (secondary N) is 2. The molecule has 0 spiro atoms. The zero-order valence-electron chi connectivity index (χ0n) is 16.4. The summed E-state index contributed by atoms with van der Waals surface area (Å²) in [5.74, 6) is -0.616. The molecular weight excluding hydrogens is 372 g/mol. The fourth-order valence-corrected chi connectivity index (χ4v) is 2.96. The third kappa shape index (κ3) is 4.82. The van der Waals surface area contributed by atoms with Gasteiger partial charge < -0.3 is 20.1 Å². The number of carbonyl (C=O) groups is 3. The van der Waals surface area contributed by atoms with Gasteiger partial charge in [-0.3, -0.25) is 0 Å². The summed E-state index contributed by atoms with van der Waals surface area (Å²) in [5, 5.41) is 5.34. The Bertz CT molecular complexity index is 949. The summed E-state index contributed by atoms with van der Waals surface area (Å²) in [7, 11) is 0. The van der Waals surface area contributed by atoms with Crippen LogP contribution in [0.2, 0.25) is 0 Å². The lowest BCUT2D eigenvalue weighted by Gasteiger charge is -2.28. The summed E-state index contributed by atoms with van der Waals surface area (Å²) < 4.78 is 10.7. The third-order valence-corrected chi connectivity index (χ3v) is 4.27. The van der Waals surface area contributed by atoms with E-state index in [9.17, 15) is 14.4 Å². The van der Waals surface area contributed by atoms with Crippen molar-refractivity contribution in [3.8, 4) is 5.75 Å². The van der Waals surface area contributed by atoms with E-state index in [4.69, 9.17) is 9.47 Å². The van der Waals surface area contributed by atoms with Crippen molar-refractivity contribution in [3.63, 3.8) is 0 Å². The molecule has 2 aromatic carbocycles. The maximum Gasteiger partial charge on any atom is 0.343 e. The van der Waals surface area contributed by atoms with Crippen molar-refractivity contribution in [2.45, 2.75) is 32.9 Å². The highest BCUT2D eigenvalue weighted by atomic mass is 16.5. The highest BCUT2D eigenvalue weighted by Crippen LogP contribution is 2.29. The zero-order chi connectivity index (χ0) is 21.0. The van der Waals surface area contributed by atoms with E-state index in [1.165, 1.54) is 0 Å². The third-order valence-electron chi connectivity index (χ3n) is 4.27. The van der Waals surface area contributed by atoms with Crippen molar-refractivity contribution < 1.29 is 23.9 Å². The van der Waals surface area contributed by atoms with Gasteiger partial charge in [-0.2, -0.15) is 0 Å². The predicted molar refractivity (Wildman–Crippen MR) is 106 cm³/mol. The first-order valence-electron chi connectivity index (χ1n) is 9.21. The number of hydrogen-bond donors (Lipinski definition) is 2. The van der Waals surface area contributed by atoms with Gasteiger partial charge >= 0.3 is 18.0 Å².